The van der Waals surface area contributed by atoms with Gasteiger partial charge < -0.3 is 5.11 Å². The number of thioether (sulfide) groups is 1. The van der Waals surface area contributed by atoms with E-state index in [2.05, 4.69) is 24.3 Å². The second-order valence-electron chi connectivity index (χ2n) is 3.82. The monoisotopic (exact) mass is 208 g/mol. The zero-order chi connectivity index (χ0) is 9.80. The van der Waals surface area contributed by atoms with Gasteiger partial charge in [0.05, 0.1) is 6.10 Å². The molecule has 0 saturated heterocycles. The fraction of sp³-hybridized carbons (Fsp3) is 0.500. The van der Waals surface area contributed by atoms with E-state index in [1.165, 1.54) is 17.7 Å². The molecule has 1 aromatic carbocycles. The van der Waals surface area contributed by atoms with Crippen LogP contribution < -0.4 is 0 Å². The quantitative estimate of drug-likeness (QED) is 0.806. The van der Waals surface area contributed by atoms with Crippen LogP contribution >= 0.6 is 11.8 Å². The highest BCUT2D eigenvalue weighted by Crippen LogP contribution is 2.33. The molecule has 0 amide bonds. The lowest BCUT2D eigenvalue weighted by Gasteiger charge is -2.26. The third kappa shape index (κ3) is 2.52. The predicted octanol–water partition coefficient (Wildman–Crippen LogP) is 3.08. The molecule has 2 rings (SSSR count). The van der Waals surface area contributed by atoms with Gasteiger partial charge in [0.15, 0.2) is 0 Å². The second kappa shape index (κ2) is 4.85. The molecule has 0 aromatic heterocycles. The summed E-state index contributed by atoms with van der Waals surface area (Å²) in [5.41, 5.74) is 0. The van der Waals surface area contributed by atoms with Gasteiger partial charge in [-0.2, -0.15) is 0 Å². The van der Waals surface area contributed by atoms with E-state index in [1.807, 2.05) is 17.8 Å². The molecule has 76 valence electrons. The van der Waals surface area contributed by atoms with Gasteiger partial charge in [-0.1, -0.05) is 31.0 Å². The summed E-state index contributed by atoms with van der Waals surface area (Å²) in [5.74, 6) is 0. The second-order valence-corrected chi connectivity index (χ2v) is 5.13. The average molecular weight is 208 g/mol. The molecular weight excluding hydrogens is 192 g/mol. The minimum Gasteiger partial charge on any atom is -0.392 e. The molecular formula is C12H16OS. The minimum atomic E-state index is -0.103. The maximum absolute atomic E-state index is 9.81. The van der Waals surface area contributed by atoms with Crippen molar-refractivity contribution in [1.82, 2.24) is 0 Å². The Bertz CT molecular complexity index is 273. The van der Waals surface area contributed by atoms with Crippen molar-refractivity contribution >= 4 is 11.8 Å². The van der Waals surface area contributed by atoms with E-state index >= 15 is 0 Å². The van der Waals surface area contributed by atoms with Crippen LogP contribution in [0.5, 0.6) is 0 Å². The average Bonchev–Trinajstić information content (AvgIpc) is 2.23. The number of hydrogen-bond donors (Lipinski definition) is 1. The topological polar surface area (TPSA) is 20.2 Å². The van der Waals surface area contributed by atoms with Crippen LogP contribution in [0, 0.1) is 0 Å². The number of aliphatic hydroxyl groups excluding tert-OH is 1. The minimum absolute atomic E-state index is 0.103. The molecule has 1 aromatic rings. The van der Waals surface area contributed by atoms with Crippen molar-refractivity contribution in [3.8, 4) is 0 Å². The molecule has 1 N–H and O–H groups in total. The molecule has 0 aliphatic heterocycles. The first-order chi connectivity index (χ1) is 6.86. The summed E-state index contributed by atoms with van der Waals surface area (Å²) >= 11 is 1.82. The molecule has 0 unspecified atom stereocenters. The lowest BCUT2D eigenvalue weighted by molar-refractivity contribution is 0.137. The SMILES string of the molecule is O[C@H]1CCCC[C@@H]1Sc1ccccc1. The van der Waals surface area contributed by atoms with Crippen molar-refractivity contribution in [3.63, 3.8) is 0 Å². The summed E-state index contributed by atoms with van der Waals surface area (Å²) < 4.78 is 0. The summed E-state index contributed by atoms with van der Waals surface area (Å²) in [7, 11) is 0. The molecule has 1 nitrogen and oxygen atoms in total. The molecule has 0 heterocycles. The van der Waals surface area contributed by atoms with E-state index in [0.717, 1.165) is 12.8 Å². The largest absolute Gasteiger partial charge is 0.392 e. The van der Waals surface area contributed by atoms with E-state index in [4.69, 9.17) is 0 Å². The normalized spacial score (nSPS) is 27.5. The lowest BCUT2D eigenvalue weighted by atomic mass is 9.97. The van der Waals surface area contributed by atoms with Crippen molar-refractivity contribution in [2.75, 3.05) is 0 Å². The van der Waals surface area contributed by atoms with Crippen molar-refractivity contribution in [2.45, 2.75) is 41.9 Å². The molecule has 2 atom stereocenters. The van der Waals surface area contributed by atoms with Crippen molar-refractivity contribution in [1.29, 1.82) is 0 Å². The molecule has 1 fully saturated rings. The molecule has 14 heavy (non-hydrogen) atoms. The van der Waals surface area contributed by atoms with Crippen molar-refractivity contribution < 1.29 is 5.11 Å². The highest BCUT2D eigenvalue weighted by atomic mass is 32.2. The highest BCUT2D eigenvalue weighted by molar-refractivity contribution is 8.00. The molecule has 1 saturated carbocycles. The summed E-state index contributed by atoms with van der Waals surface area (Å²) in [6, 6.07) is 10.4. The Morgan fingerprint density at radius 1 is 1.07 bits per heavy atom. The molecule has 2 heteroatoms. The zero-order valence-electron chi connectivity index (χ0n) is 8.23. The third-order valence-corrected chi connectivity index (χ3v) is 4.10. The fourth-order valence-electron chi connectivity index (χ4n) is 1.89. The van der Waals surface area contributed by atoms with Gasteiger partial charge in [-0.05, 0) is 25.0 Å². The molecule has 0 spiro atoms. The van der Waals surface area contributed by atoms with Gasteiger partial charge in [0, 0.05) is 10.1 Å². The van der Waals surface area contributed by atoms with Crippen LogP contribution in [0.1, 0.15) is 25.7 Å². The van der Waals surface area contributed by atoms with Crippen LogP contribution in [0.2, 0.25) is 0 Å². The van der Waals surface area contributed by atoms with Gasteiger partial charge >= 0.3 is 0 Å². The lowest BCUT2D eigenvalue weighted by Crippen LogP contribution is -2.26. The Balaban J connectivity index is 1.96. The van der Waals surface area contributed by atoms with E-state index in [-0.39, 0.29) is 6.10 Å². The van der Waals surface area contributed by atoms with Crippen LogP contribution in [-0.2, 0) is 0 Å². The van der Waals surface area contributed by atoms with E-state index in [1.54, 1.807) is 0 Å². The Morgan fingerprint density at radius 2 is 1.79 bits per heavy atom. The molecule has 0 radical (unpaired) electrons. The van der Waals surface area contributed by atoms with Crippen molar-refractivity contribution in [2.24, 2.45) is 0 Å². The summed E-state index contributed by atoms with van der Waals surface area (Å²) in [5, 5.41) is 10.2. The number of benzene rings is 1. The molecule has 0 bridgehead atoms. The first-order valence-electron chi connectivity index (χ1n) is 5.26. The zero-order valence-corrected chi connectivity index (χ0v) is 9.04. The van der Waals surface area contributed by atoms with Crippen molar-refractivity contribution in [3.05, 3.63) is 30.3 Å². The number of rotatable bonds is 2. The highest BCUT2D eigenvalue weighted by Gasteiger charge is 2.23. The Labute approximate surface area is 89.5 Å². The maximum Gasteiger partial charge on any atom is 0.0662 e. The van der Waals surface area contributed by atoms with Gasteiger partial charge in [0.1, 0.15) is 0 Å². The van der Waals surface area contributed by atoms with Crippen LogP contribution in [0.25, 0.3) is 0 Å². The van der Waals surface area contributed by atoms with Gasteiger partial charge in [-0.3, -0.25) is 0 Å². The van der Waals surface area contributed by atoms with Crippen LogP contribution in [0.4, 0.5) is 0 Å². The fourth-order valence-corrected chi connectivity index (χ4v) is 3.13. The summed E-state index contributed by atoms with van der Waals surface area (Å²) in [6.07, 6.45) is 4.48. The van der Waals surface area contributed by atoms with Crippen LogP contribution in [0.15, 0.2) is 35.2 Å². The summed E-state index contributed by atoms with van der Waals surface area (Å²) in [6.45, 7) is 0. The summed E-state index contributed by atoms with van der Waals surface area (Å²) in [4.78, 5) is 1.28. The Kier molecular flexibility index (Phi) is 3.49. The molecule has 1 aliphatic rings. The van der Waals surface area contributed by atoms with Crippen LogP contribution in [0.3, 0.4) is 0 Å². The van der Waals surface area contributed by atoms with E-state index in [9.17, 15) is 5.11 Å². The standard InChI is InChI=1S/C12H16OS/c13-11-8-4-5-9-12(11)14-10-6-2-1-3-7-10/h1-3,6-7,11-13H,4-5,8-9H2/t11-,12-/m0/s1. The third-order valence-electron chi connectivity index (χ3n) is 2.70. The van der Waals surface area contributed by atoms with E-state index in [0.29, 0.717) is 5.25 Å². The van der Waals surface area contributed by atoms with Gasteiger partial charge in [0.2, 0.25) is 0 Å². The van der Waals surface area contributed by atoms with Gasteiger partial charge in [-0.15, -0.1) is 11.8 Å². The molecule has 1 aliphatic carbocycles. The first kappa shape index (κ1) is 10.1. The van der Waals surface area contributed by atoms with Gasteiger partial charge in [0.25, 0.3) is 0 Å². The predicted molar refractivity (Wildman–Crippen MR) is 60.6 cm³/mol. The smallest absolute Gasteiger partial charge is 0.0662 e. The Hall–Kier alpha value is -0.470. The number of hydrogen-bond acceptors (Lipinski definition) is 2. The Morgan fingerprint density at radius 3 is 2.50 bits per heavy atom. The van der Waals surface area contributed by atoms with Gasteiger partial charge in [-0.25, -0.2) is 0 Å². The van der Waals surface area contributed by atoms with Crippen LogP contribution in [-0.4, -0.2) is 16.5 Å². The first-order valence-corrected chi connectivity index (χ1v) is 6.14. The van der Waals surface area contributed by atoms with E-state index < -0.39 is 0 Å². The maximum atomic E-state index is 9.81. The number of aliphatic hydroxyl groups is 1.